The molecule has 27 heavy (non-hydrogen) atoms. The fraction of sp³-hybridized carbons (Fsp3) is 0.550. The first-order valence-corrected chi connectivity index (χ1v) is 11.3. The predicted molar refractivity (Wildman–Crippen MR) is 106 cm³/mol. The molecule has 0 radical (unpaired) electrons. The van der Waals surface area contributed by atoms with Crippen molar-refractivity contribution in [3.63, 3.8) is 0 Å². The molecule has 1 aromatic carbocycles. The first kappa shape index (κ1) is 19.9. The van der Waals surface area contributed by atoms with Crippen LogP contribution in [0.5, 0.6) is 5.75 Å². The number of hydrogen-bond acceptors (Lipinski definition) is 4. The Kier molecular flexibility index (Phi) is 5.91. The molecule has 1 saturated heterocycles. The van der Waals surface area contributed by atoms with Gasteiger partial charge < -0.3 is 9.64 Å². The van der Waals surface area contributed by atoms with E-state index >= 15 is 0 Å². The topological polar surface area (TPSA) is 65.6 Å². The molecule has 1 aliphatic heterocycles. The minimum Gasteiger partial charge on any atom is -0.497 e. The van der Waals surface area contributed by atoms with Gasteiger partial charge in [0.1, 0.15) is 12.3 Å². The summed E-state index contributed by atoms with van der Waals surface area (Å²) in [6.45, 7) is 6.01. The third-order valence-corrected chi connectivity index (χ3v) is 7.26. The van der Waals surface area contributed by atoms with Crippen molar-refractivity contribution < 1.29 is 18.1 Å². The lowest BCUT2D eigenvalue weighted by atomic mass is 10.1. The van der Waals surface area contributed by atoms with Crippen LogP contribution in [0.2, 0.25) is 0 Å². The normalized spacial score (nSPS) is 19.9. The lowest BCUT2D eigenvalue weighted by Crippen LogP contribution is -3.07. The maximum Gasteiger partial charge on any atom is 0.152 e. The average molecular weight is 393 g/mol. The van der Waals surface area contributed by atoms with Gasteiger partial charge in [-0.25, -0.2) is 8.42 Å². The Bertz CT molecular complexity index is 888. The number of hydrogen-bond donors (Lipinski definition) is 1. The van der Waals surface area contributed by atoms with Crippen LogP contribution in [0.4, 0.5) is 0 Å². The van der Waals surface area contributed by atoms with E-state index in [0.717, 1.165) is 36.6 Å². The minimum absolute atomic E-state index is 0.0120. The maximum absolute atomic E-state index is 11.8. The highest BCUT2D eigenvalue weighted by Crippen LogP contribution is 2.26. The van der Waals surface area contributed by atoms with E-state index in [1.807, 2.05) is 23.7 Å². The van der Waals surface area contributed by atoms with Crippen LogP contribution in [-0.2, 0) is 22.8 Å². The summed E-state index contributed by atoms with van der Waals surface area (Å²) in [4.78, 5) is 1.41. The number of rotatable bonds is 7. The van der Waals surface area contributed by atoms with Crippen molar-refractivity contribution >= 4 is 9.84 Å². The fourth-order valence-corrected chi connectivity index (χ4v) is 5.51. The van der Waals surface area contributed by atoms with E-state index in [1.165, 1.54) is 16.0 Å². The minimum atomic E-state index is -2.91. The molecule has 7 heteroatoms. The van der Waals surface area contributed by atoms with E-state index in [1.54, 1.807) is 7.11 Å². The van der Waals surface area contributed by atoms with Crippen LogP contribution in [0.3, 0.4) is 0 Å². The number of ether oxygens (including phenoxy) is 1. The molecule has 0 aliphatic carbocycles. The SMILES string of the molecule is COc1ccc(CC[NH+](C)Cc2c(C)nn([C@H]3CCS(=O)(=O)C3)c2C)cc1. The number of likely N-dealkylation sites (N-methyl/N-ethyl adjacent to an activating group) is 1. The molecule has 1 aromatic heterocycles. The number of nitrogens with one attached hydrogen (secondary N) is 1. The zero-order valence-corrected chi connectivity index (χ0v) is 17.5. The van der Waals surface area contributed by atoms with Crippen molar-refractivity contribution in [3.05, 3.63) is 46.8 Å². The molecule has 148 valence electrons. The number of aryl methyl sites for hydroxylation is 1. The molecule has 0 spiro atoms. The lowest BCUT2D eigenvalue weighted by molar-refractivity contribution is -0.893. The average Bonchev–Trinajstić information content (AvgIpc) is 3.14. The summed E-state index contributed by atoms with van der Waals surface area (Å²) in [5.74, 6) is 1.37. The van der Waals surface area contributed by atoms with Crippen LogP contribution in [0.1, 0.15) is 35.0 Å². The summed E-state index contributed by atoms with van der Waals surface area (Å²) in [5.41, 5.74) is 4.67. The van der Waals surface area contributed by atoms with Gasteiger partial charge in [-0.3, -0.25) is 4.68 Å². The van der Waals surface area contributed by atoms with Gasteiger partial charge in [0.25, 0.3) is 0 Å². The molecule has 3 rings (SSSR count). The van der Waals surface area contributed by atoms with Crippen molar-refractivity contribution in [2.24, 2.45) is 0 Å². The van der Waals surface area contributed by atoms with E-state index in [4.69, 9.17) is 4.74 Å². The van der Waals surface area contributed by atoms with Gasteiger partial charge in [-0.15, -0.1) is 0 Å². The summed E-state index contributed by atoms with van der Waals surface area (Å²) < 4.78 is 30.8. The van der Waals surface area contributed by atoms with Crippen LogP contribution >= 0.6 is 0 Å². The van der Waals surface area contributed by atoms with Crippen LogP contribution in [0.15, 0.2) is 24.3 Å². The molecule has 0 bridgehead atoms. The van der Waals surface area contributed by atoms with Crippen LogP contribution < -0.4 is 9.64 Å². The first-order chi connectivity index (χ1) is 12.8. The molecule has 6 nitrogen and oxygen atoms in total. The third kappa shape index (κ3) is 4.71. The van der Waals surface area contributed by atoms with Gasteiger partial charge in [-0.2, -0.15) is 5.10 Å². The van der Waals surface area contributed by atoms with E-state index in [-0.39, 0.29) is 17.5 Å². The summed E-state index contributed by atoms with van der Waals surface area (Å²) in [5, 5.41) is 4.67. The number of aromatic nitrogens is 2. The highest BCUT2D eigenvalue weighted by atomic mass is 32.2. The number of nitrogens with zero attached hydrogens (tertiary/aromatic N) is 2. The molecule has 1 fully saturated rings. The Hall–Kier alpha value is -1.86. The first-order valence-electron chi connectivity index (χ1n) is 9.48. The van der Waals surface area contributed by atoms with E-state index in [9.17, 15) is 8.42 Å². The van der Waals surface area contributed by atoms with Crippen molar-refractivity contribution in [2.45, 2.75) is 39.3 Å². The van der Waals surface area contributed by atoms with Gasteiger partial charge in [0.2, 0.25) is 0 Å². The number of methoxy groups -OCH3 is 1. The molecule has 0 amide bonds. The Labute approximate surface area is 162 Å². The smallest absolute Gasteiger partial charge is 0.152 e. The maximum atomic E-state index is 11.8. The van der Waals surface area contributed by atoms with Gasteiger partial charge in [-0.1, -0.05) is 12.1 Å². The van der Waals surface area contributed by atoms with E-state index in [0.29, 0.717) is 6.42 Å². The van der Waals surface area contributed by atoms with Gasteiger partial charge in [0.05, 0.1) is 49.5 Å². The van der Waals surface area contributed by atoms with E-state index < -0.39 is 9.84 Å². The Morgan fingerprint density at radius 1 is 1.26 bits per heavy atom. The zero-order valence-electron chi connectivity index (χ0n) is 16.7. The van der Waals surface area contributed by atoms with Gasteiger partial charge in [0.15, 0.2) is 9.84 Å². The number of sulfone groups is 1. The van der Waals surface area contributed by atoms with E-state index in [2.05, 4.69) is 31.2 Å². The molecule has 2 atom stereocenters. The molecule has 2 heterocycles. The highest BCUT2D eigenvalue weighted by Gasteiger charge is 2.31. The Balaban J connectivity index is 1.63. The highest BCUT2D eigenvalue weighted by molar-refractivity contribution is 7.91. The largest absolute Gasteiger partial charge is 0.497 e. The Morgan fingerprint density at radius 2 is 1.96 bits per heavy atom. The molecular weight excluding hydrogens is 362 g/mol. The van der Waals surface area contributed by atoms with Crippen molar-refractivity contribution in [1.82, 2.24) is 9.78 Å². The zero-order chi connectivity index (χ0) is 19.6. The quantitative estimate of drug-likeness (QED) is 0.767. The predicted octanol–water partition coefficient (Wildman–Crippen LogP) is 1.13. The molecule has 1 N–H and O–H groups in total. The second kappa shape index (κ2) is 8.02. The molecule has 0 saturated carbocycles. The summed E-state index contributed by atoms with van der Waals surface area (Å²) in [6.07, 6.45) is 1.67. The summed E-state index contributed by atoms with van der Waals surface area (Å²) in [7, 11) is 0.967. The van der Waals surface area contributed by atoms with Crippen molar-refractivity contribution in [1.29, 1.82) is 0 Å². The molecule has 1 aliphatic rings. The van der Waals surface area contributed by atoms with Crippen LogP contribution in [0, 0.1) is 13.8 Å². The number of quaternary nitrogens is 1. The monoisotopic (exact) mass is 392 g/mol. The van der Waals surface area contributed by atoms with Crippen molar-refractivity contribution in [3.8, 4) is 5.75 Å². The second-order valence-corrected chi connectivity index (χ2v) is 9.86. The third-order valence-electron chi connectivity index (χ3n) is 5.51. The Morgan fingerprint density at radius 3 is 2.56 bits per heavy atom. The summed E-state index contributed by atoms with van der Waals surface area (Å²) >= 11 is 0. The number of benzene rings is 1. The van der Waals surface area contributed by atoms with Gasteiger partial charge >= 0.3 is 0 Å². The van der Waals surface area contributed by atoms with Crippen LogP contribution in [-0.4, -0.2) is 50.4 Å². The van der Waals surface area contributed by atoms with Crippen molar-refractivity contribution in [2.75, 3.05) is 32.2 Å². The standard InChI is InChI=1S/C20H29N3O3S/c1-15-20(16(2)23(21-15)18-10-12-27(24,25)14-18)13-22(3)11-9-17-5-7-19(26-4)8-6-17/h5-8,18H,9-14H2,1-4H3/p+1/t18-/m0/s1. The second-order valence-electron chi connectivity index (χ2n) is 7.63. The molecular formula is C20H30N3O3S+. The van der Waals surface area contributed by atoms with Gasteiger partial charge in [0, 0.05) is 12.1 Å². The summed E-state index contributed by atoms with van der Waals surface area (Å²) in [6, 6.07) is 8.21. The lowest BCUT2D eigenvalue weighted by Gasteiger charge is -2.15. The fourth-order valence-electron chi connectivity index (χ4n) is 3.82. The van der Waals surface area contributed by atoms with Gasteiger partial charge in [-0.05, 0) is 38.0 Å². The molecule has 2 aromatic rings. The molecule has 1 unspecified atom stereocenters. The van der Waals surface area contributed by atoms with Crippen LogP contribution in [0.25, 0.3) is 0 Å².